The molecule has 1 saturated carbocycles. The second-order valence-electron chi connectivity index (χ2n) is 8.48. The van der Waals surface area contributed by atoms with E-state index in [0.29, 0.717) is 28.0 Å². The number of hydrogen-bond donors (Lipinski definition) is 1. The summed E-state index contributed by atoms with van der Waals surface area (Å²) < 4.78 is 6.91. The van der Waals surface area contributed by atoms with Gasteiger partial charge < -0.3 is 14.7 Å². The van der Waals surface area contributed by atoms with Crippen molar-refractivity contribution in [3.8, 4) is 5.75 Å². The Hall–Kier alpha value is -3.68. The molecule has 0 amide bonds. The summed E-state index contributed by atoms with van der Waals surface area (Å²) in [5, 5.41) is 14.1. The van der Waals surface area contributed by atoms with E-state index < -0.39 is 12.6 Å². The van der Waals surface area contributed by atoms with Crippen molar-refractivity contribution >= 4 is 28.8 Å². The normalized spacial score (nSPS) is 14.6. The van der Waals surface area contributed by atoms with Crippen molar-refractivity contribution in [2.75, 3.05) is 25.6 Å². The van der Waals surface area contributed by atoms with Gasteiger partial charge in [-0.15, -0.1) is 0 Å². The molecule has 2 aromatic carbocycles. The number of aromatic nitrogens is 2. The molecule has 1 heterocycles. The Kier molecular flexibility index (Phi) is 6.72. The first-order valence-corrected chi connectivity index (χ1v) is 11.2. The molecule has 3 aromatic rings. The monoisotopic (exact) mass is 448 g/mol. The van der Waals surface area contributed by atoms with Gasteiger partial charge >= 0.3 is 5.97 Å². The Bertz CT molecular complexity index is 1240. The van der Waals surface area contributed by atoms with E-state index in [1.165, 1.54) is 11.1 Å². The zero-order valence-electron chi connectivity index (χ0n) is 18.9. The number of aliphatic carboxylic acids is 1. The minimum absolute atomic E-state index is 0.173. The molecule has 0 saturated heterocycles. The fourth-order valence-electron chi connectivity index (χ4n) is 4.17. The van der Waals surface area contributed by atoms with Crippen molar-refractivity contribution in [3.63, 3.8) is 0 Å². The van der Waals surface area contributed by atoms with Gasteiger partial charge in [-0.3, -0.25) is 4.79 Å². The highest BCUT2D eigenvalue weighted by Crippen LogP contribution is 2.32. The van der Waals surface area contributed by atoms with Crippen LogP contribution in [-0.2, 0) is 4.79 Å². The Morgan fingerprint density at radius 1 is 1.21 bits per heavy atom. The van der Waals surface area contributed by atoms with Crippen LogP contribution in [0.2, 0.25) is 0 Å². The third-order valence-electron chi connectivity index (χ3n) is 5.93. The number of hydrogen-bond acceptors (Lipinski definition) is 6. The fraction of sp³-hybridized carbons (Fsp3) is 0.360. The molecule has 8 nitrogen and oxygen atoms in total. The largest absolute Gasteiger partial charge is 0.481 e. The lowest BCUT2D eigenvalue weighted by Crippen LogP contribution is -2.25. The molecule has 1 fully saturated rings. The van der Waals surface area contributed by atoms with Gasteiger partial charge in [0.15, 0.2) is 6.61 Å². The molecule has 172 valence electrons. The summed E-state index contributed by atoms with van der Waals surface area (Å²) in [5.74, 6) is 0.163. The third-order valence-corrected chi connectivity index (χ3v) is 5.93. The van der Waals surface area contributed by atoms with Crippen LogP contribution in [0.15, 0.2) is 52.4 Å². The zero-order valence-corrected chi connectivity index (χ0v) is 18.9. The van der Waals surface area contributed by atoms with Crippen LogP contribution in [0.25, 0.3) is 10.9 Å². The molecule has 1 aliphatic carbocycles. The maximum Gasteiger partial charge on any atom is 0.341 e. The first kappa shape index (κ1) is 22.5. The number of benzene rings is 2. The molecule has 8 heteroatoms. The Morgan fingerprint density at radius 2 is 1.97 bits per heavy atom. The number of anilines is 1. The molecule has 0 aliphatic heterocycles. The van der Waals surface area contributed by atoms with Crippen molar-refractivity contribution in [2.45, 2.75) is 38.0 Å². The van der Waals surface area contributed by atoms with Crippen LogP contribution in [0.3, 0.4) is 0 Å². The molecule has 0 atom stereocenters. The number of rotatable bonds is 7. The molecule has 0 radical (unpaired) electrons. The standard InChI is InChI=1S/C25H28N4O4/c1-28(2)19-13-12-18(22(14-19)33-16-23(30)31)15-26-29-24(17-8-4-3-5-9-17)27-21-11-7-6-10-20(21)25(29)32/h6-7,10-15,17H,3-5,8-9,16H2,1-2H3,(H,30,31). The summed E-state index contributed by atoms with van der Waals surface area (Å²) in [6.07, 6.45) is 6.91. The molecule has 1 aliphatic rings. The predicted molar refractivity (Wildman–Crippen MR) is 129 cm³/mol. The SMILES string of the molecule is CN(C)c1ccc(C=Nn2c(C3CCCCC3)nc3ccccc3c2=O)c(OCC(=O)O)c1. The highest BCUT2D eigenvalue weighted by molar-refractivity contribution is 5.85. The molecular formula is C25H28N4O4. The average Bonchev–Trinajstić information content (AvgIpc) is 2.82. The molecule has 1 N–H and O–H groups in total. The van der Waals surface area contributed by atoms with Gasteiger partial charge in [0, 0.05) is 37.3 Å². The predicted octanol–water partition coefficient (Wildman–Crippen LogP) is 3.86. The van der Waals surface area contributed by atoms with Gasteiger partial charge in [0.25, 0.3) is 5.56 Å². The topological polar surface area (TPSA) is 97.0 Å². The van der Waals surface area contributed by atoms with Crippen LogP contribution in [0.1, 0.15) is 49.4 Å². The second-order valence-corrected chi connectivity index (χ2v) is 8.48. The van der Waals surface area contributed by atoms with E-state index >= 15 is 0 Å². The van der Waals surface area contributed by atoms with Gasteiger partial charge in [0.05, 0.1) is 17.1 Å². The van der Waals surface area contributed by atoms with E-state index in [1.54, 1.807) is 24.4 Å². The van der Waals surface area contributed by atoms with Gasteiger partial charge in [-0.25, -0.2) is 9.78 Å². The molecule has 0 unspecified atom stereocenters. The lowest BCUT2D eigenvalue weighted by molar-refractivity contribution is -0.139. The quantitative estimate of drug-likeness (QED) is 0.552. The Morgan fingerprint density at radius 3 is 2.70 bits per heavy atom. The second kappa shape index (κ2) is 9.85. The van der Waals surface area contributed by atoms with Gasteiger partial charge in [-0.2, -0.15) is 9.78 Å². The van der Waals surface area contributed by atoms with E-state index in [1.807, 2.05) is 43.3 Å². The number of nitrogens with zero attached hydrogens (tertiary/aromatic N) is 4. The number of carboxylic acid groups (broad SMARTS) is 1. The van der Waals surface area contributed by atoms with Crippen LogP contribution in [0, 0.1) is 0 Å². The fourth-order valence-corrected chi connectivity index (χ4v) is 4.17. The van der Waals surface area contributed by atoms with Gasteiger partial charge in [0.1, 0.15) is 11.6 Å². The van der Waals surface area contributed by atoms with Crippen LogP contribution < -0.4 is 15.2 Å². The molecule has 33 heavy (non-hydrogen) atoms. The van der Waals surface area contributed by atoms with Crippen molar-refractivity contribution in [1.82, 2.24) is 9.66 Å². The summed E-state index contributed by atoms with van der Waals surface area (Å²) in [6, 6.07) is 12.8. The van der Waals surface area contributed by atoms with E-state index in [0.717, 1.165) is 31.4 Å². The summed E-state index contributed by atoms with van der Waals surface area (Å²) in [5.41, 5.74) is 1.90. The number of carbonyl (C=O) groups is 1. The van der Waals surface area contributed by atoms with Crippen LogP contribution in [-0.4, -0.2) is 47.7 Å². The van der Waals surface area contributed by atoms with Crippen LogP contribution in [0.5, 0.6) is 5.75 Å². The van der Waals surface area contributed by atoms with Crippen LogP contribution in [0.4, 0.5) is 5.69 Å². The smallest absolute Gasteiger partial charge is 0.341 e. The number of carboxylic acids is 1. The van der Waals surface area contributed by atoms with Gasteiger partial charge in [-0.05, 0) is 37.1 Å². The first-order chi connectivity index (χ1) is 15.9. The number of para-hydroxylation sites is 1. The van der Waals surface area contributed by atoms with Crippen LogP contribution >= 0.6 is 0 Å². The highest BCUT2D eigenvalue weighted by Gasteiger charge is 2.22. The minimum atomic E-state index is -1.07. The molecule has 0 spiro atoms. The lowest BCUT2D eigenvalue weighted by Gasteiger charge is -2.22. The summed E-state index contributed by atoms with van der Waals surface area (Å²) in [6.45, 7) is -0.470. The lowest BCUT2D eigenvalue weighted by atomic mass is 9.88. The molecule has 1 aromatic heterocycles. The maximum atomic E-state index is 13.4. The molecule has 4 rings (SSSR count). The van der Waals surface area contributed by atoms with E-state index in [9.17, 15) is 9.59 Å². The van der Waals surface area contributed by atoms with Gasteiger partial charge in [0.2, 0.25) is 0 Å². The maximum absolute atomic E-state index is 13.4. The minimum Gasteiger partial charge on any atom is -0.481 e. The van der Waals surface area contributed by atoms with Crippen molar-refractivity contribution in [2.24, 2.45) is 5.10 Å². The van der Waals surface area contributed by atoms with Crippen molar-refractivity contribution in [3.05, 3.63) is 64.2 Å². The summed E-state index contributed by atoms with van der Waals surface area (Å²) in [7, 11) is 3.78. The first-order valence-electron chi connectivity index (χ1n) is 11.2. The molecular weight excluding hydrogens is 420 g/mol. The average molecular weight is 449 g/mol. The summed E-state index contributed by atoms with van der Waals surface area (Å²) >= 11 is 0. The van der Waals surface area contributed by atoms with E-state index in [2.05, 4.69) is 5.10 Å². The van der Waals surface area contributed by atoms with E-state index in [-0.39, 0.29) is 11.5 Å². The number of ether oxygens (including phenoxy) is 1. The Labute approximate surface area is 192 Å². The van der Waals surface area contributed by atoms with E-state index in [4.69, 9.17) is 14.8 Å². The zero-order chi connectivity index (χ0) is 23.4. The third kappa shape index (κ3) is 5.05. The van der Waals surface area contributed by atoms with Crippen molar-refractivity contribution < 1.29 is 14.6 Å². The highest BCUT2D eigenvalue weighted by atomic mass is 16.5. The Balaban J connectivity index is 1.79. The van der Waals surface area contributed by atoms with Crippen molar-refractivity contribution in [1.29, 1.82) is 0 Å². The summed E-state index contributed by atoms with van der Waals surface area (Å²) in [4.78, 5) is 31.1. The number of fused-ring (bicyclic) bond motifs is 1. The van der Waals surface area contributed by atoms with Gasteiger partial charge in [-0.1, -0.05) is 31.4 Å². The molecule has 0 bridgehead atoms.